The summed E-state index contributed by atoms with van der Waals surface area (Å²) < 4.78 is 13.5. The summed E-state index contributed by atoms with van der Waals surface area (Å²) in [5.41, 5.74) is 9.75. The number of thiazole rings is 2. The third-order valence-electron chi connectivity index (χ3n) is 4.06. The fourth-order valence-electron chi connectivity index (χ4n) is 2.74. The van der Waals surface area contributed by atoms with Crippen molar-refractivity contribution in [1.29, 1.82) is 0 Å². The van der Waals surface area contributed by atoms with E-state index < -0.39 is 11.2 Å². The molecule has 2 N–H and O–H groups in total. The van der Waals surface area contributed by atoms with Gasteiger partial charge in [0.2, 0.25) is 4.21 Å². The highest BCUT2D eigenvalue weighted by atomic mass is 32.2. The Morgan fingerprint density at radius 3 is 2.74 bits per heavy atom. The first kappa shape index (κ1) is 18.8. The molecule has 4 rings (SSSR count). The van der Waals surface area contributed by atoms with E-state index in [1.807, 2.05) is 23.8 Å². The first-order valence-corrected chi connectivity index (χ1v) is 12.4. The van der Waals surface area contributed by atoms with Crippen molar-refractivity contribution in [3.05, 3.63) is 28.7 Å². The Morgan fingerprint density at radius 1 is 1.22 bits per heavy atom. The monoisotopic (exact) mass is 434 g/mol. The van der Waals surface area contributed by atoms with Crippen LogP contribution in [0.2, 0.25) is 0 Å². The van der Waals surface area contributed by atoms with Gasteiger partial charge in [-0.2, -0.15) is 0 Å². The summed E-state index contributed by atoms with van der Waals surface area (Å²) >= 11 is 3.45. The van der Waals surface area contributed by atoms with Crippen LogP contribution in [-0.4, -0.2) is 25.3 Å². The van der Waals surface area contributed by atoms with Gasteiger partial charge in [0.15, 0.2) is 0 Å². The van der Waals surface area contributed by atoms with Crippen LogP contribution < -0.4 is 5.73 Å². The lowest BCUT2D eigenvalue weighted by molar-refractivity contribution is 0.594. The van der Waals surface area contributed by atoms with Crippen molar-refractivity contribution < 1.29 is 4.55 Å². The summed E-state index contributed by atoms with van der Waals surface area (Å²) in [4.78, 5) is 14.6. The average Bonchev–Trinajstić information content (AvgIpc) is 3.39. The number of nitrogens with two attached hydrogens (primary N) is 1. The van der Waals surface area contributed by atoms with Crippen molar-refractivity contribution >= 4 is 61.1 Å². The molecule has 0 saturated carbocycles. The molecule has 0 spiro atoms. The topological polar surface area (TPSA) is 87.8 Å². The Kier molecular flexibility index (Phi) is 5.47. The third-order valence-corrected chi connectivity index (χ3v) is 8.84. The zero-order valence-electron chi connectivity index (χ0n) is 14.9. The zero-order valence-corrected chi connectivity index (χ0v) is 18.2. The van der Waals surface area contributed by atoms with Gasteiger partial charge in [-0.15, -0.1) is 22.7 Å². The van der Waals surface area contributed by atoms with Crippen LogP contribution in [0.15, 0.2) is 27.2 Å². The van der Waals surface area contributed by atoms with Gasteiger partial charge in [0.1, 0.15) is 32.0 Å². The summed E-state index contributed by atoms with van der Waals surface area (Å²) in [5, 5.41) is 6.56. The van der Waals surface area contributed by atoms with Crippen molar-refractivity contribution in [1.82, 2.24) is 15.0 Å². The Hall–Kier alpha value is -1.52. The summed E-state index contributed by atoms with van der Waals surface area (Å²) in [7, 11) is 0. The lowest BCUT2D eigenvalue weighted by atomic mass is 10.1. The summed E-state index contributed by atoms with van der Waals surface area (Å²) in [5.74, 6) is 0.624. The quantitative estimate of drug-likeness (QED) is 0.414. The number of nitrogen functional groups attached to an aromatic ring is 1. The number of thiophene rings is 1. The highest BCUT2D eigenvalue weighted by Gasteiger charge is 2.25. The van der Waals surface area contributed by atoms with Crippen molar-refractivity contribution in [3.63, 3.8) is 0 Å². The van der Waals surface area contributed by atoms with E-state index in [0.717, 1.165) is 54.2 Å². The van der Waals surface area contributed by atoms with E-state index in [-0.39, 0.29) is 0 Å². The molecule has 0 saturated heterocycles. The molecule has 4 aromatic heterocycles. The molecular formula is C18H18N4OS4. The zero-order chi connectivity index (χ0) is 19.0. The Bertz CT molecular complexity index is 1070. The van der Waals surface area contributed by atoms with Gasteiger partial charge in [-0.1, -0.05) is 24.7 Å². The molecule has 0 bridgehead atoms. The fourth-order valence-corrected chi connectivity index (χ4v) is 6.96. The maximum absolute atomic E-state index is 12.7. The SMILES string of the molecule is CCCC[S+]([O-])c1sc2nc(-c3nccs3)cc(-c3nc(C)cs3)c2c1N. The largest absolute Gasteiger partial charge is 0.611 e. The molecular weight excluding hydrogens is 416 g/mol. The maximum Gasteiger partial charge on any atom is 0.232 e. The van der Waals surface area contributed by atoms with Crippen LogP contribution in [0.3, 0.4) is 0 Å². The van der Waals surface area contributed by atoms with Crippen molar-refractivity contribution in [3.8, 4) is 21.3 Å². The Balaban J connectivity index is 1.93. The molecule has 4 aromatic rings. The van der Waals surface area contributed by atoms with Gasteiger partial charge < -0.3 is 10.3 Å². The van der Waals surface area contributed by atoms with Gasteiger partial charge in [-0.25, -0.2) is 15.0 Å². The number of pyridine rings is 1. The standard InChI is InChI=1S/C18H18N4OS4/c1-3-4-7-27(23)18-14(19)13-11(15-21-10(2)9-25-15)8-12(22-17(13)26-18)16-20-5-6-24-16/h5-6,8-9H,3-4,7,19H2,1-2H3. The first-order chi connectivity index (χ1) is 13.1. The molecule has 140 valence electrons. The van der Waals surface area contributed by atoms with E-state index in [2.05, 4.69) is 16.9 Å². The lowest BCUT2D eigenvalue weighted by Crippen LogP contribution is -2.06. The number of anilines is 1. The highest BCUT2D eigenvalue weighted by Crippen LogP contribution is 2.44. The number of nitrogens with zero attached hydrogens (tertiary/aromatic N) is 3. The molecule has 0 aliphatic rings. The van der Waals surface area contributed by atoms with E-state index in [4.69, 9.17) is 10.7 Å². The molecule has 0 amide bonds. The van der Waals surface area contributed by atoms with Crippen LogP contribution in [0, 0.1) is 6.92 Å². The summed E-state index contributed by atoms with van der Waals surface area (Å²) in [6.45, 7) is 4.07. The third kappa shape index (κ3) is 3.62. The van der Waals surface area contributed by atoms with E-state index in [1.54, 1.807) is 28.9 Å². The van der Waals surface area contributed by atoms with Crippen molar-refractivity contribution in [2.45, 2.75) is 30.9 Å². The van der Waals surface area contributed by atoms with Crippen LogP contribution in [0.25, 0.3) is 31.5 Å². The van der Waals surface area contributed by atoms with Gasteiger partial charge >= 0.3 is 0 Å². The predicted octanol–water partition coefficient (Wildman–Crippen LogP) is 5.34. The second kappa shape index (κ2) is 7.84. The summed E-state index contributed by atoms with van der Waals surface area (Å²) in [6.07, 6.45) is 3.69. The van der Waals surface area contributed by atoms with E-state index in [1.165, 1.54) is 11.3 Å². The number of fused-ring (bicyclic) bond motifs is 1. The molecule has 4 heterocycles. The number of hydrogen-bond acceptors (Lipinski definition) is 8. The van der Waals surface area contributed by atoms with Gasteiger partial charge in [-0.05, 0) is 30.6 Å². The van der Waals surface area contributed by atoms with Crippen LogP contribution in [0.1, 0.15) is 25.5 Å². The average molecular weight is 435 g/mol. The molecule has 0 fully saturated rings. The molecule has 0 aromatic carbocycles. The molecule has 9 heteroatoms. The number of aromatic nitrogens is 3. The molecule has 0 radical (unpaired) electrons. The van der Waals surface area contributed by atoms with Gasteiger partial charge in [0.05, 0.1) is 5.39 Å². The first-order valence-electron chi connectivity index (χ1n) is 8.52. The van der Waals surface area contributed by atoms with Crippen LogP contribution >= 0.6 is 34.0 Å². The maximum atomic E-state index is 12.7. The number of aryl methyl sites for hydroxylation is 1. The fraction of sp³-hybridized carbons (Fsp3) is 0.278. The van der Waals surface area contributed by atoms with Crippen LogP contribution in [0.4, 0.5) is 5.69 Å². The normalized spacial score (nSPS) is 12.7. The van der Waals surface area contributed by atoms with Gasteiger partial charge in [0.25, 0.3) is 0 Å². The minimum Gasteiger partial charge on any atom is -0.611 e. The van der Waals surface area contributed by atoms with Crippen LogP contribution in [-0.2, 0) is 11.2 Å². The Labute approximate surface area is 172 Å². The number of unbranched alkanes of at least 4 members (excludes halogenated alkanes) is 1. The molecule has 1 atom stereocenters. The second-order valence-electron chi connectivity index (χ2n) is 6.07. The van der Waals surface area contributed by atoms with Gasteiger partial charge in [-0.3, -0.25) is 0 Å². The van der Waals surface area contributed by atoms with Crippen molar-refractivity contribution in [2.24, 2.45) is 0 Å². The van der Waals surface area contributed by atoms with E-state index in [0.29, 0.717) is 11.4 Å². The van der Waals surface area contributed by atoms with Crippen LogP contribution in [0.5, 0.6) is 0 Å². The Morgan fingerprint density at radius 2 is 2.07 bits per heavy atom. The molecule has 5 nitrogen and oxygen atoms in total. The van der Waals surface area contributed by atoms with Crippen molar-refractivity contribution in [2.75, 3.05) is 11.5 Å². The number of hydrogen-bond donors (Lipinski definition) is 1. The lowest BCUT2D eigenvalue weighted by Gasteiger charge is -2.08. The molecule has 27 heavy (non-hydrogen) atoms. The minimum absolute atomic E-state index is 0.575. The minimum atomic E-state index is -1.11. The second-order valence-corrected chi connectivity index (χ2v) is 10.6. The molecule has 0 aliphatic heterocycles. The summed E-state index contributed by atoms with van der Waals surface area (Å²) in [6, 6.07) is 2.00. The molecule has 0 aliphatic carbocycles. The number of rotatable bonds is 6. The van der Waals surface area contributed by atoms with E-state index >= 15 is 0 Å². The molecule has 1 unspecified atom stereocenters. The highest BCUT2D eigenvalue weighted by molar-refractivity contribution is 7.93. The predicted molar refractivity (Wildman–Crippen MR) is 117 cm³/mol. The van der Waals surface area contributed by atoms with E-state index in [9.17, 15) is 4.55 Å². The van der Waals surface area contributed by atoms with Gasteiger partial charge in [0, 0.05) is 28.2 Å². The smallest absolute Gasteiger partial charge is 0.232 e.